The maximum absolute atomic E-state index is 4.18. The minimum atomic E-state index is 0. The summed E-state index contributed by atoms with van der Waals surface area (Å²) in [5.41, 5.74) is 1.06. The summed E-state index contributed by atoms with van der Waals surface area (Å²) in [6.45, 7) is 0. The van der Waals surface area contributed by atoms with Crippen LogP contribution in [0.3, 0.4) is 0 Å². The summed E-state index contributed by atoms with van der Waals surface area (Å²) in [5.74, 6) is 0. The van der Waals surface area contributed by atoms with Gasteiger partial charge in [0.2, 0.25) is 0 Å². The summed E-state index contributed by atoms with van der Waals surface area (Å²) in [6.07, 6.45) is 1.81. The summed E-state index contributed by atoms with van der Waals surface area (Å²) < 4.78 is 0. The molecule has 2 aromatic rings. The first-order valence-corrected chi connectivity index (χ1v) is 3.26. The van der Waals surface area contributed by atoms with E-state index in [2.05, 4.69) is 17.1 Å². The van der Waals surface area contributed by atoms with Gasteiger partial charge in [-0.1, -0.05) is 24.3 Å². The lowest BCUT2D eigenvalue weighted by Crippen LogP contribution is -1.73. The molecule has 0 saturated carbocycles. The molecule has 0 fully saturated rings. The topological polar surface area (TPSA) is 12.9 Å². The van der Waals surface area contributed by atoms with Gasteiger partial charge in [0.25, 0.3) is 0 Å². The van der Waals surface area contributed by atoms with Crippen LogP contribution in [0.2, 0.25) is 0 Å². The van der Waals surface area contributed by atoms with Crippen molar-refractivity contribution in [3.05, 3.63) is 42.6 Å². The lowest BCUT2D eigenvalue weighted by atomic mass is 10.2. The zero-order valence-electron chi connectivity index (χ0n) is 8.49. The average Bonchev–Trinajstić information content (AvgIpc) is 2.05. The van der Waals surface area contributed by atoms with Gasteiger partial charge in [0.1, 0.15) is 0 Å². The monoisotopic (exact) mass is 132 g/mol. The summed E-state index contributed by atoms with van der Waals surface area (Å²) in [4.78, 5) is 4.18. The molecule has 48 valence electrons. The Kier molecular flexibility index (Phi) is 1.14. The van der Waals surface area contributed by atoms with Gasteiger partial charge in [-0.25, -0.2) is 0 Å². The van der Waals surface area contributed by atoms with E-state index in [1.54, 1.807) is 0 Å². The summed E-state index contributed by atoms with van der Waals surface area (Å²) in [6, 6.07) is 12.1. The van der Waals surface area contributed by atoms with Gasteiger partial charge in [-0.2, -0.15) is 0 Å². The third-order valence-corrected chi connectivity index (χ3v) is 1.51. The number of hydrogen-bond acceptors (Lipinski definition) is 1. The summed E-state index contributed by atoms with van der Waals surface area (Å²) in [7, 11) is 0. The zero-order valence-corrected chi connectivity index (χ0v) is 5.49. The van der Waals surface area contributed by atoms with Gasteiger partial charge in [-0.15, -0.1) is 0 Å². The Morgan fingerprint density at radius 3 is 2.70 bits per heavy atom. The van der Waals surface area contributed by atoms with Crippen LogP contribution in [0.15, 0.2) is 42.6 Å². The number of nitrogens with zero attached hydrogens (tertiary/aromatic N) is 1. The van der Waals surface area contributed by atoms with E-state index in [4.69, 9.17) is 0 Å². The maximum Gasteiger partial charge on any atom is 1.00 e. The highest BCUT2D eigenvalue weighted by Gasteiger charge is 1.86. The van der Waals surface area contributed by atoms with Gasteiger partial charge in [0, 0.05) is 11.6 Å². The third-order valence-electron chi connectivity index (χ3n) is 1.51. The molecule has 1 aromatic heterocycles. The molecule has 0 unspecified atom stereocenters. The van der Waals surface area contributed by atoms with Crippen LogP contribution < -0.4 is 0 Å². The Morgan fingerprint density at radius 1 is 1.00 bits per heavy atom. The second kappa shape index (κ2) is 2.10. The van der Waals surface area contributed by atoms with E-state index >= 15 is 0 Å². The molecule has 1 nitrogen and oxygen atoms in total. The number of benzene rings is 1. The van der Waals surface area contributed by atoms with Crippen molar-refractivity contribution in [1.29, 1.82) is 0 Å². The van der Waals surface area contributed by atoms with Gasteiger partial charge in [0.15, 0.2) is 0 Å². The van der Waals surface area contributed by atoms with E-state index < -0.39 is 0 Å². The summed E-state index contributed by atoms with van der Waals surface area (Å²) >= 11 is 0. The van der Waals surface area contributed by atoms with Crippen LogP contribution >= 0.6 is 0 Å². The number of pyridine rings is 1. The van der Waals surface area contributed by atoms with E-state index in [-0.39, 0.29) is 4.28 Å². The molecule has 1 heteroatoms. The fourth-order valence-electron chi connectivity index (χ4n) is 1.02. The molecule has 0 amide bonds. The van der Waals surface area contributed by atoms with Crippen molar-refractivity contribution >= 4 is 10.9 Å². The van der Waals surface area contributed by atoms with Crippen LogP contribution in [0.25, 0.3) is 10.9 Å². The predicted molar refractivity (Wildman–Crippen MR) is 45.1 cm³/mol. The van der Waals surface area contributed by atoms with Gasteiger partial charge in [-0.3, -0.25) is 4.98 Å². The molecular weight excluding hydrogens is 122 g/mol. The Bertz CT molecular complexity index is 286. The van der Waals surface area contributed by atoms with Crippen LogP contribution in [0.1, 0.15) is 4.28 Å². The number of rotatable bonds is 0. The number of para-hydroxylation sites is 1. The first kappa shape index (κ1) is 5.42. The van der Waals surface area contributed by atoms with E-state index in [0.717, 1.165) is 5.52 Å². The first-order valence-electron chi connectivity index (χ1n) is 3.26. The largest absolute Gasteiger partial charge is 1.00 e. The molecule has 0 aliphatic heterocycles. The Labute approximate surface area is 63.8 Å². The fourth-order valence-corrected chi connectivity index (χ4v) is 1.02. The first-order chi connectivity index (χ1) is 4.97. The van der Waals surface area contributed by atoms with Crippen molar-refractivity contribution in [3.8, 4) is 0 Å². The molecule has 0 bridgehead atoms. The van der Waals surface area contributed by atoms with E-state index in [0.29, 0.717) is 0 Å². The highest BCUT2D eigenvalue weighted by molar-refractivity contribution is 5.77. The van der Waals surface area contributed by atoms with Crippen molar-refractivity contribution in [2.24, 2.45) is 0 Å². The van der Waals surface area contributed by atoms with Gasteiger partial charge in [-0.05, 0) is 12.1 Å². The minimum absolute atomic E-state index is 0. The van der Waals surface area contributed by atoms with E-state index in [1.165, 1.54) is 5.39 Å². The second-order valence-electron chi connectivity index (χ2n) is 2.20. The molecule has 1 heterocycles. The molecule has 10 heavy (non-hydrogen) atoms. The van der Waals surface area contributed by atoms with Crippen LogP contribution in [-0.2, 0) is 0 Å². The molecule has 0 saturated heterocycles. The Morgan fingerprint density at radius 2 is 1.80 bits per heavy atom. The molecule has 0 N–H and O–H groups in total. The van der Waals surface area contributed by atoms with Gasteiger partial charge in [0.05, 0.1) is 5.52 Å². The van der Waals surface area contributed by atoms with Gasteiger partial charge >= 0.3 is 4.28 Å². The van der Waals surface area contributed by atoms with Crippen molar-refractivity contribution in [2.45, 2.75) is 0 Å². The number of aromatic nitrogens is 1. The molecule has 0 atom stereocenters. The lowest BCUT2D eigenvalue weighted by molar-refractivity contribution is 1.41. The quantitative estimate of drug-likeness (QED) is 0.537. The normalized spacial score (nSPS) is 10.0. The van der Waals surface area contributed by atoms with Crippen LogP contribution in [0, 0.1) is 0 Å². The molecule has 1 aromatic carbocycles. The molecule has 0 aliphatic rings. The fraction of sp³-hybridized carbons (Fsp3) is 0. The second-order valence-corrected chi connectivity index (χ2v) is 2.20. The molecule has 2 rings (SSSR count). The highest BCUT2D eigenvalue weighted by atomic mass is 14.6. The van der Waals surface area contributed by atoms with Crippen molar-refractivity contribution < 1.29 is 4.28 Å². The SMILES string of the molecule is [H+].[H+].[H+].c1ccc2ncccc2c1. The Balaban J connectivity index is 0. The minimum Gasteiger partial charge on any atom is -0.256 e. The average molecular weight is 132 g/mol. The zero-order chi connectivity index (χ0) is 6.81. The molecule has 0 spiro atoms. The van der Waals surface area contributed by atoms with Crippen molar-refractivity contribution in [2.75, 3.05) is 0 Å². The van der Waals surface area contributed by atoms with Crippen molar-refractivity contribution in [1.82, 2.24) is 4.98 Å². The Hall–Kier alpha value is -1.37. The third kappa shape index (κ3) is 0.760. The van der Waals surface area contributed by atoms with Gasteiger partial charge < -0.3 is 0 Å². The standard InChI is InChI=1S/C9H7N/c1-2-6-9-8(4-1)5-3-7-10-9/h1-7H/p+3. The number of hydrogen-bond donors (Lipinski definition) is 0. The summed E-state index contributed by atoms with van der Waals surface area (Å²) in [5, 5.41) is 1.20. The maximum atomic E-state index is 4.18. The highest BCUT2D eigenvalue weighted by Crippen LogP contribution is 2.07. The number of fused-ring (bicyclic) bond motifs is 1. The smallest absolute Gasteiger partial charge is 0.256 e. The van der Waals surface area contributed by atoms with Crippen LogP contribution in [0.5, 0.6) is 0 Å². The molecule has 0 aliphatic carbocycles. The van der Waals surface area contributed by atoms with Crippen molar-refractivity contribution in [3.63, 3.8) is 0 Å². The lowest BCUT2D eigenvalue weighted by Gasteiger charge is -1.91. The van der Waals surface area contributed by atoms with E-state index in [9.17, 15) is 0 Å². The van der Waals surface area contributed by atoms with E-state index in [1.807, 2.05) is 30.5 Å². The molecule has 0 radical (unpaired) electrons. The van der Waals surface area contributed by atoms with Crippen LogP contribution in [-0.4, -0.2) is 4.98 Å². The molecular formula is C9H10N+3. The predicted octanol–water partition coefficient (Wildman–Crippen LogP) is 2.57. The van der Waals surface area contributed by atoms with Crippen LogP contribution in [0.4, 0.5) is 0 Å².